The number of rotatable bonds is 10. The molecule has 1 aromatic heterocycles. The summed E-state index contributed by atoms with van der Waals surface area (Å²) in [7, 11) is 0. The van der Waals surface area contributed by atoms with E-state index in [0.717, 1.165) is 30.7 Å². The Bertz CT molecular complexity index is 630. The summed E-state index contributed by atoms with van der Waals surface area (Å²) in [6.45, 7) is 4.39. The highest BCUT2D eigenvalue weighted by atomic mass is 16.5. The van der Waals surface area contributed by atoms with E-state index < -0.39 is 0 Å². The van der Waals surface area contributed by atoms with Gasteiger partial charge in [0.1, 0.15) is 19.0 Å². The molecule has 0 aliphatic carbocycles. The SMILES string of the molecule is CCCCNC(N)=NCc1ccc(OCCOc2ccccc2)nc1. The number of aliphatic imine (C=N–C) groups is 1. The molecule has 0 saturated heterocycles. The molecule has 0 spiro atoms. The normalized spacial score (nSPS) is 11.2. The van der Waals surface area contributed by atoms with Crippen molar-refractivity contribution in [2.75, 3.05) is 19.8 Å². The first kappa shape index (κ1) is 18.6. The van der Waals surface area contributed by atoms with Gasteiger partial charge in [-0.3, -0.25) is 0 Å². The van der Waals surface area contributed by atoms with Crippen molar-refractivity contribution < 1.29 is 9.47 Å². The summed E-state index contributed by atoms with van der Waals surface area (Å²) in [5.41, 5.74) is 6.78. The molecule has 0 bridgehead atoms. The predicted molar refractivity (Wildman–Crippen MR) is 99.9 cm³/mol. The van der Waals surface area contributed by atoms with Gasteiger partial charge in [0, 0.05) is 18.8 Å². The highest BCUT2D eigenvalue weighted by molar-refractivity contribution is 5.77. The van der Waals surface area contributed by atoms with E-state index in [1.54, 1.807) is 6.20 Å². The van der Waals surface area contributed by atoms with Gasteiger partial charge in [-0.15, -0.1) is 0 Å². The van der Waals surface area contributed by atoms with Gasteiger partial charge >= 0.3 is 0 Å². The first-order valence-corrected chi connectivity index (χ1v) is 8.57. The molecular weight excluding hydrogens is 316 g/mol. The Morgan fingerprint density at radius 3 is 2.64 bits per heavy atom. The number of hydrogen-bond acceptors (Lipinski definition) is 4. The molecule has 1 aromatic carbocycles. The number of nitrogens with one attached hydrogen (secondary N) is 1. The maximum atomic E-state index is 5.80. The molecule has 0 fully saturated rings. The fourth-order valence-corrected chi connectivity index (χ4v) is 2.04. The summed E-state index contributed by atoms with van der Waals surface area (Å²) in [4.78, 5) is 8.56. The van der Waals surface area contributed by atoms with E-state index in [1.165, 1.54) is 0 Å². The zero-order valence-electron chi connectivity index (χ0n) is 14.6. The molecule has 0 aliphatic rings. The van der Waals surface area contributed by atoms with Gasteiger partial charge in [-0.25, -0.2) is 9.98 Å². The van der Waals surface area contributed by atoms with E-state index >= 15 is 0 Å². The van der Waals surface area contributed by atoms with Crippen molar-refractivity contribution in [3.05, 3.63) is 54.2 Å². The van der Waals surface area contributed by atoms with Crippen LogP contribution in [0.4, 0.5) is 0 Å². The van der Waals surface area contributed by atoms with Gasteiger partial charge < -0.3 is 20.5 Å². The number of ether oxygens (including phenoxy) is 2. The Hall–Kier alpha value is -2.76. The van der Waals surface area contributed by atoms with Crippen LogP contribution in [0.3, 0.4) is 0 Å². The van der Waals surface area contributed by atoms with E-state index in [4.69, 9.17) is 15.2 Å². The molecule has 3 N–H and O–H groups in total. The smallest absolute Gasteiger partial charge is 0.213 e. The van der Waals surface area contributed by atoms with Gasteiger partial charge in [0.15, 0.2) is 5.96 Å². The van der Waals surface area contributed by atoms with Crippen LogP contribution in [0.15, 0.2) is 53.7 Å². The molecule has 6 heteroatoms. The number of guanidine groups is 1. The number of pyridine rings is 1. The number of hydrogen-bond donors (Lipinski definition) is 2. The van der Waals surface area contributed by atoms with Gasteiger partial charge in [-0.1, -0.05) is 37.6 Å². The topological polar surface area (TPSA) is 81.8 Å². The van der Waals surface area contributed by atoms with E-state index in [2.05, 4.69) is 22.2 Å². The Morgan fingerprint density at radius 1 is 1.12 bits per heavy atom. The fraction of sp³-hybridized carbons (Fsp3) is 0.368. The van der Waals surface area contributed by atoms with Crippen LogP contribution in [-0.2, 0) is 6.54 Å². The molecule has 0 atom stereocenters. The monoisotopic (exact) mass is 342 g/mol. The third kappa shape index (κ3) is 7.56. The van der Waals surface area contributed by atoms with E-state index in [9.17, 15) is 0 Å². The third-order valence-corrected chi connectivity index (χ3v) is 3.41. The Morgan fingerprint density at radius 2 is 1.92 bits per heavy atom. The molecule has 2 aromatic rings. The van der Waals surface area contributed by atoms with Crippen LogP contribution >= 0.6 is 0 Å². The van der Waals surface area contributed by atoms with Crippen molar-refractivity contribution in [2.24, 2.45) is 10.7 Å². The Balaban J connectivity index is 1.68. The third-order valence-electron chi connectivity index (χ3n) is 3.41. The largest absolute Gasteiger partial charge is 0.490 e. The molecule has 0 aliphatic heterocycles. The minimum absolute atomic E-state index is 0.438. The quantitative estimate of drug-likeness (QED) is 0.394. The predicted octanol–water partition coefficient (Wildman–Crippen LogP) is 2.74. The summed E-state index contributed by atoms with van der Waals surface area (Å²) >= 11 is 0. The van der Waals surface area contributed by atoms with Crippen molar-refractivity contribution in [2.45, 2.75) is 26.3 Å². The lowest BCUT2D eigenvalue weighted by Crippen LogP contribution is -2.32. The molecule has 2 rings (SSSR count). The van der Waals surface area contributed by atoms with Gasteiger partial charge in [-0.05, 0) is 24.1 Å². The molecular formula is C19H26N4O2. The highest BCUT2D eigenvalue weighted by Crippen LogP contribution is 2.10. The molecule has 0 unspecified atom stereocenters. The van der Waals surface area contributed by atoms with Crippen LogP contribution in [0.25, 0.3) is 0 Å². The second-order valence-electron chi connectivity index (χ2n) is 5.50. The standard InChI is InChI=1S/C19H26N4O2/c1-2-3-11-21-19(20)23-15-16-9-10-18(22-14-16)25-13-12-24-17-7-5-4-6-8-17/h4-10,14H,2-3,11-13,15H2,1H3,(H3,20,21,23). The molecule has 0 radical (unpaired) electrons. The van der Waals surface area contributed by atoms with Crippen molar-refractivity contribution >= 4 is 5.96 Å². The average molecular weight is 342 g/mol. The summed E-state index contributed by atoms with van der Waals surface area (Å²) in [5.74, 6) is 1.86. The lowest BCUT2D eigenvalue weighted by atomic mass is 10.3. The second-order valence-corrected chi connectivity index (χ2v) is 5.50. The van der Waals surface area contributed by atoms with Gasteiger partial charge in [0.25, 0.3) is 0 Å². The van der Waals surface area contributed by atoms with Gasteiger partial charge in [0.05, 0.1) is 6.54 Å². The summed E-state index contributed by atoms with van der Waals surface area (Å²) in [6.07, 6.45) is 3.95. The van der Waals surface area contributed by atoms with E-state index in [0.29, 0.717) is 31.6 Å². The first-order chi connectivity index (χ1) is 12.3. The van der Waals surface area contributed by atoms with Crippen LogP contribution in [0.2, 0.25) is 0 Å². The van der Waals surface area contributed by atoms with Crippen molar-refractivity contribution in [1.82, 2.24) is 10.3 Å². The number of nitrogens with two attached hydrogens (primary N) is 1. The second kappa shape index (κ2) is 10.9. The molecule has 134 valence electrons. The summed E-state index contributed by atoms with van der Waals surface area (Å²) in [6, 6.07) is 13.4. The zero-order valence-corrected chi connectivity index (χ0v) is 14.6. The summed E-state index contributed by atoms with van der Waals surface area (Å²) in [5, 5.41) is 3.08. The number of unbranched alkanes of at least 4 members (excludes halogenated alkanes) is 1. The minimum atomic E-state index is 0.438. The maximum absolute atomic E-state index is 5.80. The van der Waals surface area contributed by atoms with Crippen LogP contribution in [0.5, 0.6) is 11.6 Å². The van der Waals surface area contributed by atoms with Gasteiger partial charge in [0.2, 0.25) is 5.88 Å². The molecule has 1 heterocycles. The van der Waals surface area contributed by atoms with Crippen LogP contribution in [-0.4, -0.2) is 30.7 Å². The highest BCUT2D eigenvalue weighted by Gasteiger charge is 1.99. The molecule has 0 amide bonds. The van der Waals surface area contributed by atoms with Crippen molar-refractivity contribution in [1.29, 1.82) is 0 Å². The van der Waals surface area contributed by atoms with Crippen LogP contribution in [0.1, 0.15) is 25.3 Å². The average Bonchev–Trinajstić information content (AvgIpc) is 2.65. The van der Waals surface area contributed by atoms with Gasteiger partial charge in [-0.2, -0.15) is 0 Å². The fourth-order valence-electron chi connectivity index (χ4n) is 2.04. The maximum Gasteiger partial charge on any atom is 0.213 e. The van der Waals surface area contributed by atoms with E-state index in [1.807, 2.05) is 42.5 Å². The zero-order chi connectivity index (χ0) is 17.7. The molecule has 25 heavy (non-hydrogen) atoms. The van der Waals surface area contributed by atoms with E-state index in [-0.39, 0.29) is 0 Å². The first-order valence-electron chi connectivity index (χ1n) is 8.57. The minimum Gasteiger partial charge on any atom is -0.490 e. The van der Waals surface area contributed by atoms with Crippen LogP contribution < -0.4 is 20.5 Å². The number of para-hydroxylation sites is 1. The van der Waals surface area contributed by atoms with Crippen molar-refractivity contribution in [3.63, 3.8) is 0 Å². The number of aromatic nitrogens is 1. The number of nitrogens with zero attached hydrogens (tertiary/aromatic N) is 2. The Labute approximate surface area is 149 Å². The summed E-state index contributed by atoms with van der Waals surface area (Å²) < 4.78 is 11.1. The lowest BCUT2D eigenvalue weighted by molar-refractivity contribution is 0.212. The van der Waals surface area contributed by atoms with Crippen LogP contribution in [0, 0.1) is 0 Å². The Kier molecular flexibility index (Phi) is 8.11. The van der Waals surface area contributed by atoms with Crippen molar-refractivity contribution in [3.8, 4) is 11.6 Å². The lowest BCUT2D eigenvalue weighted by Gasteiger charge is -2.08. The number of benzene rings is 1. The molecule has 0 saturated carbocycles. The molecule has 6 nitrogen and oxygen atoms in total.